The van der Waals surface area contributed by atoms with E-state index in [1.807, 2.05) is 25.1 Å². The Bertz CT molecular complexity index is 574. The zero-order valence-corrected chi connectivity index (χ0v) is 14.4. The van der Waals surface area contributed by atoms with Crippen molar-refractivity contribution < 1.29 is 9.84 Å². The highest BCUT2D eigenvalue weighted by Gasteiger charge is 2.14. The summed E-state index contributed by atoms with van der Waals surface area (Å²) in [6, 6.07) is 5.61. The van der Waals surface area contributed by atoms with Gasteiger partial charge >= 0.3 is 0 Å². The molecule has 0 radical (unpaired) electrons. The molecule has 23 heavy (non-hydrogen) atoms. The largest absolute Gasteiger partial charge is 0.493 e. The van der Waals surface area contributed by atoms with Crippen molar-refractivity contribution in [2.24, 2.45) is 4.99 Å². The van der Waals surface area contributed by atoms with Gasteiger partial charge in [-0.15, -0.1) is 0 Å². The second kappa shape index (κ2) is 8.58. The Labute approximate surface area is 138 Å². The molecule has 0 aromatic heterocycles. The molecule has 1 aromatic carbocycles. The van der Waals surface area contributed by atoms with Crippen LogP contribution in [0.3, 0.4) is 0 Å². The molecule has 126 valence electrons. The Balaban J connectivity index is 3.04. The van der Waals surface area contributed by atoms with Crippen LogP contribution in [0, 0.1) is 10.8 Å². The average Bonchev–Trinajstić information content (AvgIpc) is 2.48. The minimum Gasteiger partial charge on any atom is -0.493 e. The number of hydrogen-bond donors (Lipinski definition) is 3. The Morgan fingerprint density at radius 2 is 2.13 bits per heavy atom. The zero-order chi connectivity index (χ0) is 17.5. The molecule has 0 bridgehead atoms. The molecule has 0 amide bonds. The van der Waals surface area contributed by atoms with Crippen LogP contribution in [-0.4, -0.2) is 42.0 Å². The standard InChI is InChI=1S/C18H27N3O2/c1-5-8-23-17-9-14(6-7-16(17)13(2)20)15(10-19)11-21-12-18(3,4)22/h6-7,9-11,15,19-20,22H,5,8,12H2,1-4H3. The van der Waals surface area contributed by atoms with Gasteiger partial charge in [-0.1, -0.05) is 13.0 Å². The van der Waals surface area contributed by atoms with Crippen LogP contribution in [0.25, 0.3) is 0 Å². The summed E-state index contributed by atoms with van der Waals surface area (Å²) >= 11 is 0. The van der Waals surface area contributed by atoms with E-state index in [1.54, 1.807) is 27.0 Å². The third-order valence-corrected chi connectivity index (χ3v) is 3.18. The summed E-state index contributed by atoms with van der Waals surface area (Å²) in [5.74, 6) is 0.390. The van der Waals surface area contributed by atoms with Crippen LogP contribution < -0.4 is 4.74 Å². The number of rotatable bonds is 9. The molecule has 0 fully saturated rings. The van der Waals surface area contributed by atoms with Crippen molar-refractivity contribution in [3.63, 3.8) is 0 Å². The molecule has 1 rings (SSSR count). The molecule has 0 saturated carbocycles. The summed E-state index contributed by atoms with van der Waals surface area (Å²) < 4.78 is 5.74. The number of nitrogens with one attached hydrogen (secondary N) is 2. The van der Waals surface area contributed by atoms with E-state index in [1.165, 1.54) is 6.21 Å². The Kier molecular flexibility index (Phi) is 7.10. The van der Waals surface area contributed by atoms with E-state index in [4.69, 9.17) is 15.6 Å². The van der Waals surface area contributed by atoms with Crippen LogP contribution in [0.5, 0.6) is 5.75 Å². The van der Waals surface area contributed by atoms with Gasteiger partial charge in [0, 0.05) is 23.7 Å². The molecule has 1 aromatic rings. The fraction of sp³-hybridized carbons (Fsp3) is 0.500. The van der Waals surface area contributed by atoms with Gasteiger partial charge in [-0.05, 0) is 44.9 Å². The number of hydrogen-bond acceptors (Lipinski definition) is 5. The molecule has 0 aliphatic heterocycles. The molecule has 5 nitrogen and oxygen atoms in total. The zero-order valence-electron chi connectivity index (χ0n) is 14.4. The molecule has 5 heteroatoms. The van der Waals surface area contributed by atoms with Gasteiger partial charge in [0.15, 0.2) is 0 Å². The average molecular weight is 317 g/mol. The van der Waals surface area contributed by atoms with Crippen molar-refractivity contribution >= 4 is 18.1 Å². The summed E-state index contributed by atoms with van der Waals surface area (Å²) in [5, 5.41) is 25.1. The van der Waals surface area contributed by atoms with E-state index >= 15 is 0 Å². The SMILES string of the molecule is CCCOc1cc(C(C=N)C=NCC(C)(C)O)ccc1C(C)=N. The van der Waals surface area contributed by atoms with Gasteiger partial charge in [0.05, 0.1) is 24.7 Å². The van der Waals surface area contributed by atoms with Crippen LogP contribution in [0.1, 0.15) is 51.2 Å². The lowest BCUT2D eigenvalue weighted by Crippen LogP contribution is -2.23. The van der Waals surface area contributed by atoms with Crippen LogP contribution in [-0.2, 0) is 0 Å². The van der Waals surface area contributed by atoms with Gasteiger partial charge in [0.2, 0.25) is 0 Å². The number of aliphatic imine (C=N–C) groups is 1. The third-order valence-electron chi connectivity index (χ3n) is 3.18. The monoisotopic (exact) mass is 317 g/mol. The molecule has 0 saturated heterocycles. The van der Waals surface area contributed by atoms with E-state index in [9.17, 15) is 5.11 Å². The van der Waals surface area contributed by atoms with Crippen LogP contribution in [0.4, 0.5) is 0 Å². The number of benzene rings is 1. The highest BCUT2D eigenvalue weighted by Crippen LogP contribution is 2.25. The summed E-state index contributed by atoms with van der Waals surface area (Å²) in [4.78, 5) is 4.23. The van der Waals surface area contributed by atoms with Crippen molar-refractivity contribution in [2.45, 2.75) is 45.6 Å². The number of aliphatic hydroxyl groups is 1. The van der Waals surface area contributed by atoms with Gasteiger partial charge in [-0.3, -0.25) is 4.99 Å². The normalized spacial score (nSPS) is 13.1. The fourth-order valence-corrected chi connectivity index (χ4v) is 2.00. The van der Waals surface area contributed by atoms with Gasteiger partial charge in [0.25, 0.3) is 0 Å². The molecular weight excluding hydrogens is 290 g/mol. The lowest BCUT2D eigenvalue weighted by atomic mass is 9.98. The smallest absolute Gasteiger partial charge is 0.128 e. The van der Waals surface area contributed by atoms with Gasteiger partial charge in [0.1, 0.15) is 5.75 Å². The minimum absolute atomic E-state index is 0.276. The fourth-order valence-electron chi connectivity index (χ4n) is 2.00. The second-order valence-electron chi connectivity index (χ2n) is 6.22. The highest BCUT2D eigenvalue weighted by molar-refractivity contribution is 5.99. The molecule has 1 unspecified atom stereocenters. The van der Waals surface area contributed by atoms with E-state index in [2.05, 4.69) is 4.99 Å². The molecule has 0 aliphatic rings. The Hall–Kier alpha value is -2.01. The van der Waals surface area contributed by atoms with Crippen LogP contribution in [0.15, 0.2) is 23.2 Å². The first-order valence-corrected chi connectivity index (χ1v) is 7.83. The molecule has 0 heterocycles. The van der Waals surface area contributed by atoms with Gasteiger partial charge in [-0.25, -0.2) is 0 Å². The van der Waals surface area contributed by atoms with Gasteiger partial charge in [-0.2, -0.15) is 0 Å². The van der Waals surface area contributed by atoms with Gasteiger partial charge < -0.3 is 20.7 Å². The lowest BCUT2D eigenvalue weighted by Gasteiger charge is -2.15. The van der Waals surface area contributed by atoms with Crippen LogP contribution in [0.2, 0.25) is 0 Å². The minimum atomic E-state index is -0.861. The highest BCUT2D eigenvalue weighted by atomic mass is 16.5. The number of nitrogens with zero attached hydrogens (tertiary/aromatic N) is 1. The lowest BCUT2D eigenvalue weighted by molar-refractivity contribution is 0.0905. The first kappa shape index (κ1) is 19.0. The predicted molar refractivity (Wildman–Crippen MR) is 95.9 cm³/mol. The third kappa shape index (κ3) is 6.32. The maximum absolute atomic E-state index is 9.70. The first-order chi connectivity index (χ1) is 10.8. The molecule has 0 aliphatic carbocycles. The quantitative estimate of drug-likeness (QED) is 0.609. The topological polar surface area (TPSA) is 89.5 Å². The first-order valence-electron chi connectivity index (χ1n) is 7.83. The molecule has 3 N–H and O–H groups in total. The summed E-state index contributed by atoms with van der Waals surface area (Å²) in [6.07, 6.45) is 3.87. The van der Waals surface area contributed by atoms with Crippen LogP contribution >= 0.6 is 0 Å². The van der Waals surface area contributed by atoms with Crippen molar-refractivity contribution in [3.05, 3.63) is 29.3 Å². The molecule has 1 atom stereocenters. The van der Waals surface area contributed by atoms with E-state index in [0.29, 0.717) is 18.1 Å². The number of ether oxygens (including phenoxy) is 1. The maximum atomic E-state index is 9.70. The molecule has 0 spiro atoms. The summed E-state index contributed by atoms with van der Waals surface area (Å²) in [7, 11) is 0. The predicted octanol–water partition coefficient (Wildman–Crippen LogP) is 3.44. The summed E-state index contributed by atoms with van der Waals surface area (Å²) in [5.41, 5.74) is 1.24. The van der Waals surface area contributed by atoms with Crippen molar-refractivity contribution in [1.29, 1.82) is 10.8 Å². The van der Waals surface area contributed by atoms with E-state index in [0.717, 1.165) is 17.5 Å². The Morgan fingerprint density at radius 1 is 1.43 bits per heavy atom. The Morgan fingerprint density at radius 3 is 2.65 bits per heavy atom. The summed E-state index contributed by atoms with van der Waals surface area (Å²) in [6.45, 7) is 8.03. The molecular formula is C18H27N3O2. The van der Waals surface area contributed by atoms with E-state index < -0.39 is 5.60 Å². The van der Waals surface area contributed by atoms with E-state index in [-0.39, 0.29) is 12.5 Å². The van der Waals surface area contributed by atoms with Crippen molar-refractivity contribution in [3.8, 4) is 5.75 Å². The van der Waals surface area contributed by atoms with Crippen molar-refractivity contribution in [1.82, 2.24) is 0 Å². The second-order valence-corrected chi connectivity index (χ2v) is 6.22. The van der Waals surface area contributed by atoms with Crippen molar-refractivity contribution in [2.75, 3.05) is 13.2 Å². The maximum Gasteiger partial charge on any atom is 0.128 e.